The van der Waals surface area contributed by atoms with Crippen molar-refractivity contribution in [2.24, 2.45) is 0 Å². The second-order valence-corrected chi connectivity index (χ2v) is 24.3. The summed E-state index contributed by atoms with van der Waals surface area (Å²) in [5.41, 5.74) is 7.51. The zero-order valence-corrected chi connectivity index (χ0v) is 46.0. The Bertz CT molecular complexity index is 1850. The van der Waals surface area contributed by atoms with E-state index in [1.165, 1.54) is 192 Å². The second-order valence-electron chi connectivity index (χ2n) is 24.3. The maximum absolute atomic E-state index is 7.50. The number of ether oxygens (including phenoxy) is 2. The van der Waals surface area contributed by atoms with E-state index in [-0.39, 0.29) is 16.4 Å². The van der Waals surface area contributed by atoms with Crippen molar-refractivity contribution < 1.29 is 27.6 Å². The molecule has 5 rings (SSSR count). The predicted molar refractivity (Wildman–Crippen MR) is 284 cm³/mol. The standard InChI is InChI=1S/C60H104N4O2/c1-16-23-33-63(34-24-17-2,35-25-18-3)39-29-31-49(32-30-40-64(36-26-19-4,37-27-20-5)38-28-21-6)50-41-48(22-7)55-51(42-50)46-62-59(14,15)47-61-45-52-43-53(57(8,9)10)44-54(58(11,12)13)56(52)66-60(61,62)65-55/h41-46,49H,16-40,47H2,1-15H3/q+4. The largest absolute Gasteiger partial charge is 0.704 e. The number of quaternary nitrogens is 2. The summed E-state index contributed by atoms with van der Waals surface area (Å²) in [6.07, 6.45) is 26.7. The number of nitrogens with zero attached hydrogens (tertiary/aromatic N) is 4. The summed E-state index contributed by atoms with van der Waals surface area (Å²) in [7, 11) is 0. The highest BCUT2D eigenvalue weighted by molar-refractivity contribution is 5.85. The molecule has 1 saturated heterocycles. The quantitative estimate of drug-likeness (QED) is 0.0628. The molecule has 1 fully saturated rings. The van der Waals surface area contributed by atoms with Crippen molar-refractivity contribution in [2.75, 3.05) is 58.9 Å². The summed E-state index contributed by atoms with van der Waals surface area (Å²) in [6.45, 7) is 46.8. The summed E-state index contributed by atoms with van der Waals surface area (Å²) >= 11 is 0. The van der Waals surface area contributed by atoms with Gasteiger partial charge in [0.2, 0.25) is 12.1 Å². The van der Waals surface area contributed by atoms with Crippen LogP contribution in [0.25, 0.3) is 0 Å². The zero-order valence-electron chi connectivity index (χ0n) is 46.0. The molecule has 0 N–H and O–H groups in total. The van der Waals surface area contributed by atoms with Gasteiger partial charge >= 0.3 is 6.03 Å². The highest BCUT2D eigenvalue weighted by Crippen LogP contribution is 2.47. The lowest BCUT2D eigenvalue weighted by Crippen LogP contribution is -2.61. The molecule has 0 aromatic heterocycles. The Kier molecular flexibility index (Phi) is 19.1. The van der Waals surface area contributed by atoms with E-state index >= 15 is 0 Å². The van der Waals surface area contributed by atoms with Crippen LogP contribution in [-0.2, 0) is 17.3 Å². The average Bonchev–Trinajstić information content (AvgIpc) is 3.50. The molecule has 6 nitrogen and oxygen atoms in total. The number of hydrogen-bond acceptors (Lipinski definition) is 2. The molecule has 3 aliphatic heterocycles. The third kappa shape index (κ3) is 12.7. The molecule has 66 heavy (non-hydrogen) atoms. The van der Waals surface area contributed by atoms with Gasteiger partial charge in [0, 0.05) is 19.4 Å². The van der Waals surface area contributed by atoms with Gasteiger partial charge in [-0.15, -0.1) is 0 Å². The lowest BCUT2D eigenvalue weighted by Gasteiger charge is -2.40. The van der Waals surface area contributed by atoms with Crippen molar-refractivity contribution in [3.8, 4) is 11.5 Å². The third-order valence-electron chi connectivity index (χ3n) is 16.1. The molecule has 0 aliphatic carbocycles. The molecule has 1 spiro atoms. The van der Waals surface area contributed by atoms with Gasteiger partial charge < -0.3 is 18.4 Å². The Morgan fingerprint density at radius 1 is 0.545 bits per heavy atom. The first-order valence-electron chi connectivity index (χ1n) is 28.0. The van der Waals surface area contributed by atoms with Crippen molar-refractivity contribution in [2.45, 2.75) is 241 Å². The topological polar surface area (TPSA) is 24.5 Å². The first-order chi connectivity index (χ1) is 31.3. The van der Waals surface area contributed by atoms with Crippen LogP contribution >= 0.6 is 0 Å². The van der Waals surface area contributed by atoms with E-state index in [9.17, 15) is 0 Å². The summed E-state index contributed by atoms with van der Waals surface area (Å²) in [4.78, 5) is 0. The number of aryl methyl sites for hydroxylation is 1. The second kappa shape index (κ2) is 23.3. The van der Waals surface area contributed by atoms with E-state index in [1.54, 1.807) is 0 Å². The minimum absolute atomic E-state index is 0.0246. The number of fused-ring (bicyclic) bond motifs is 2. The highest BCUT2D eigenvalue weighted by atomic mass is 16.7. The van der Waals surface area contributed by atoms with Gasteiger partial charge in [0.15, 0.2) is 23.9 Å². The number of rotatable bonds is 28. The van der Waals surface area contributed by atoms with Crippen LogP contribution in [0.3, 0.4) is 0 Å². The van der Waals surface area contributed by atoms with Crippen LogP contribution in [0, 0.1) is 0 Å². The van der Waals surface area contributed by atoms with Crippen LogP contribution in [0.2, 0.25) is 0 Å². The molecule has 3 heterocycles. The Morgan fingerprint density at radius 2 is 0.985 bits per heavy atom. The SMILES string of the molecule is CCCC[N+](CCCC)(CCCC)CCCC(CCC[N+](CCCC)(CCCC)CCCC)c1cc2c(c(CC)c1)OC13Oc4c(cc(C(C)(C)C)cc4C(C)(C)C)C=[N+]1CC(C)(C)[N+]3=C2. The van der Waals surface area contributed by atoms with Gasteiger partial charge in [0.1, 0.15) is 0 Å². The summed E-state index contributed by atoms with van der Waals surface area (Å²) in [6, 6.07) is 8.81. The normalized spacial score (nSPS) is 18.0. The molecule has 372 valence electrons. The van der Waals surface area contributed by atoms with Crippen molar-refractivity contribution in [3.05, 3.63) is 57.6 Å². The molecule has 0 bridgehead atoms. The average molecular weight is 914 g/mol. The molecule has 1 atom stereocenters. The fourth-order valence-electron chi connectivity index (χ4n) is 11.7. The van der Waals surface area contributed by atoms with Gasteiger partial charge in [-0.3, -0.25) is 0 Å². The third-order valence-corrected chi connectivity index (χ3v) is 16.1. The molecule has 0 radical (unpaired) electrons. The molecular weight excluding hydrogens is 809 g/mol. The number of hydrogen-bond donors (Lipinski definition) is 0. The van der Waals surface area contributed by atoms with Crippen molar-refractivity contribution >= 4 is 12.4 Å². The van der Waals surface area contributed by atoms with E-state index in [0.29, 0.717) is 5.92 Å². The first-order valence-corrected chi connectivity index (χ1v) is 28.0. The molecule has 2 aromatic carbocycles. The molecule has 0 amide bonds. The Morgan fingerprint density at radius 3 is 1.41 bits per heavy atom. The van der Waals surface area contributed by atoms with Gasteiger partial charge in [0.05, 0.1) is 63.5 Å². The minimum Gasteiger partial charge on any atom is -0.340 e. The molecule has 0 saturated carbocycles. The summed E-state index contributed by atoms with van der Waals surface area (Å²) < 4.78 is 22.4. The first kappa shape index (κ1) is 54.2. The molecule has 2 aromatic rings. The zero-order chi connectivity index (χ0) is 48.4. The Balaban J connectivity index is 1.57. The summed E-state index contributed by atoms with van der Waals surface area (Å²) in [5.74, 6) is 2.49. The highest BCUT2D eigenvalue weighted by Gasteiger charge is 2.75. The van der Waals surface area contributed by atoms with Gasteiger partial charge in [0.25, 0.3) is 0 Å². The van der Waals surface area contributed by atoms with Crippen LogP contribution in [-0.4, -0.2) is 101 Å². The number of unbranched alkanes of at least 4 members (excludes halogenated alkanes) is 6. The lowest BCUT2D eigenvalue weighted by atomic mass is 9.79. The predicted octanol–water partition coefficient (Wildman–Crippen LogP) is 14.7. The van der Waals surface area contributed by atoms with Crippen LogP contribution in [0.5, 0.6) is 11.5 Å². The van der Waals surface area contributed by atoms with E-state index < -0.39 is 6.03 Å². The van der Waals surface area contributed by atoms with Gasteiger partial charge in [-0.1, -0.05) is 150 Å². The fraction of sp³-hybridized carbons (Fsp3) is 0.767. The molecule has 3 aliphatic rings. The van der Waals surface area contributed by atoms with Crippen molar-refractivity contribution in [1.29, 1.82) is 0 Å². The van der Waals surface area contributed by atoms with Gasteiger partial charge in [-0.2, -0.15) is 0 Å². The van der Waals surface area contributed by atoms with Crippen LogP contribution in [0.1, 0.15) is 246 Å². The van der Waals surface area contributed by atoms with E-state index in [0.717, 1.165) is 30.0 Å². The Hall–Kier alpha value is -2.70. The van der Waals surface area contributed by atoms with Gasteiger partial charge in [-0.25, -0.2) is 0 Å². The fourth-order valence-corrected chi connectivity index (χ4v) is 11.7. The van der Waals surface area contributed by atoms with Crippen molar-refractivity contribution in [1.82, 2.24) is 0 Å². The monoisotopic (exact) mass is 913 g/mol. The molecule has 6 heteroatoms. The van der Waals surface area contributed by atoms with Crippen molar-refractivity contribution in [3.63, 3.8) is 0 Å². The Labute approximate surface area is 407 Å². The molecular formula is C60H104N4O2+4. The minimum atomic E-state index is -1.08. The van der Waals surface area contributed by atoms with E-state index in [1.807, 2.05) is 0 Å². The van der Waals surface area contributed by atoms with Crippen LogP contribution in [0.4, 0.5) is 0 Å². The smallest absolute Gasteiger partial charge is 0.340 e. The maximum Gasteiger partial charge on any atom is 0.704 e. The van der Waals surface area contributed by atoms with Crippen LogP contribution in [0.15, 0.2) is 24.3 Å². The lowest BCUT2D eigenvalue weighted by molar-refractivity contribution is -0.929. The number of benzene rings is 2. The van der Waals surface area contributed by atoms with E-state index in [2.05, 4.69) is 150 Å². The maximum atomic E-state index is 7.50. The van der Waals surface area contributed by atoms with E-state index in [4.69, 9.17) is 9.47 Å². The van der Waals surface area contributed by atoms with Crippen LogP contribution < -0.4 is 9.47 Å². The summed E-state index contributed by atoms with van der Waals surface area (Å²) in [5, 5.41) is 0. The van der Waals surface area contributed by atoms with Gasteiger partial charge in [-0.05, 0) is 116 Å². The molecule has 1 unspecified atom stereocenters.